The van der Waals surface area contributed by atoms with Crippen LogP contribution in [0.25, 0.3) is 0 Å². The summed E-state index contributed by atoms with van der Waals surface area (Å²) in [5, 5.41) is 26.1. The number of amides is 5. The molecule has 2 aromatic carbocycles. The number of carboxylic acid groups (broad SMARTS) is 2. The van der Waals surface area contributed by atoms with Gasteiger partial charge in [0, 0.05) is 39.1 Å². The number of halogens is 3. The van der Waals surface area contributed by atoms with E-state index >= 15 is 0 Å². The number of hydrogen-bond donors (Lipinski definition) is 9. The van der Waals surface area contributed by atoms with Gasteiger partial charge in [0.25, 0.3) is 0 Å². The van der Waals surface area contributed by atoms with Gasteiger partial charge in [0.05, 0.1) is 5.92 Å². The zero-order chi connectivity index (χ0) is 41.4. The van der Waals surface area contributed by atoms with Crippen molar-refractivity contribution in [1.82, 2.24) is 32.2 Å². The average molecular weight is 783 g/mol. The van der Waals surface area contributed by atoms with E-state index in [0.29, 0.717) is 38.0 Å². The lowest BCUT2D eigenvalue weighted by Crippen LogP contribution is -2.44. The molecule has 0 aromatic heterocycles. The first kappa shape index (κ1) is 48.1. The van der Waals surface area contributed by atoms with Crippen molar-refractivity contribution < 1.29 is 48.8 Å². The number of nitrogens with one attached hydrogen (secondary N) is 6. The highest BCUT2D eigenvalue weighted by molar-refractivity contribution is 5.78. The molecule has 55 heavy (non-hydrogen) atoms. The van der Waals surface area contributed by atoms with Gasteiger partial charge in [-0.25, -0.2) is 20.9 Å². The van der Waals surface area contributed by atoms with Gasteiger partial charge in [0.1, 0.15) is 5.97 Å². The second kappa shape index (κ2) is 26.0. The first-order chi connectivity index (χ1) is 26.0. The van der Waals surface area contributed by atoms with Gasteiger partial charge in [-0.05, 0) is 88.2 Å². The van der Waals surface area contributed by atoms with Crippen molar-refractivity contribution in [3.8, 4) is 0 Å². The fraction of sp³-hybridized carbons (Fsp3) is 0.541. The summed E-state index contributed by atoms with van der Waals surface area (Å²) in [5.41, 5.74) is 17.2. The number of carboxylic acids is 2. The maximum Gasteiger partial charge on any atom is 1.00 e. The third-order valence-electron chi connectivity index (χ3n) is 9.06. The molecule has 0 unspecified atom stereocenters. The van der Waals surface area contributed by atoms with Gasteiger partial charge in [-0.1, -0.05) is 59.7 Å². The Kier molecular flexibility index (Phi) is 22.7. The van der Waals surface area contributed by atoms with Crippen LogP contribution < -0.4 is 48.9 Å². The van der Waals surface area contributed by atoms with E-state index in [4.69, 9.17) is 26.6 Å². The maximum atomic E-state index is 12.3. The minimum atomic E-state index is -5.19. The molecule has 2 saturated carbocycles. The van der Waals surface area contributed by atoms with Crippen LogP contribution in [-0.4, -0.2) is 61.3 Å². The van der Waals surface area contributed by atoms with E-state index in [1.165, 1.54) is 16.7 Å². The molecule has 4 rings (SSSR count). The van der Waals surface area contributed by atoms with Crippen molar-refractivity contribution in [2.24, 2.45) is 35.2 Å². The molecule has 2 aromatic rings. The Morgan fingerprint density at radius 2 is 1.16 bits per heavy atom. The summed E-state index contributed by atoms with van der Waals surface area (Å²) in [7, 11) is 1.62. The highest BCUT2D eigenvalue weighted by Gasteiger charge is 2.29. The van der Waals surface area contributed by atoms with Crippen LogP contribution in [-0.2, 0) is 27.5 Å². The zero-order valence-corrected chi connectivity index (χ0v) is 31.6. The summed E-state index contributed by atoms with van der Waals surface area (Å²) < 4.78 is 31.5. The molecule has 0 atom stereocenters. The number of carbonyl (C=O) groups is 5. The van der Waals surface area contributed by atoms with Gasteiger partial charge in [0.2, 0.25) is 5.91 Å². The summed E-state index contributed by atoms with van der Waals surface area (Å²) in [5.74, 6) is 2.17. The fourth-order valence-corrected chi connectivity index (χ4v) is 5.69. The zero-order valence-electron chi connectivity index (χ0n) is 32.6. The van der Waals surface area contributed by atoms with Gasteiger partial charge >= 0.3 is 25.6 Å². The number of nitrogens with two attached hydrogens (primary N) is 2. The topological polar surface area (TPSA) is 253 Å². The lowest BCUT2D eigenvalue weighted by molar-refractivity contribution is -0.344. The van der Waals surface area contributed by atoms with E-state index in [2.05, 4.69) is 75.5 Å². The summed E-state index contributed by atoms with van der Waals surface area (Å²) in [6.07, 6.45) is 1.63. The summed E-state index contributed by atoms with van der Waals surface area (Å²) in [4.78, 5) is 53.9. The molecule has 0 heterocycles. The molecule has 0 bridgehead atoms. The second-order valence-electron chi connectivity index (χ2n) is 13.4. The summed E-state index contributed by atoms with van der Waals surface area (Å²) in [6, 6.07) is 15.8. The number of hydrogen-bond acceptors (Lipinski definition) is 9. The van der Waals surface area contributed by atoms with Gasteiger partial charge in [0.15, 0.2) is 0 Å². The third-order valence-corrected chi connectivity index (χ3v) is 9.06. The number of rotatable bonds is 10. The smallest absolute Gasteiger partial charge is 0.542 e. The van der Waals surface area contributed by atoms with Crippen molar-refractivity contribution in [3.05, 3.63) is 70.8 Å². The van der Waals surface area contributed by atoms with E-state index in [0.717, 1.165) is 56.9 Å². The molecule has 0 radical (unpaired) electrons. The van der Waals surface area contributed by atoms with E-state index < -0.39 is 18.1 Å². The molecule has 2 aliphatic rings. The van der Waals surface area contributed by atoms with Crippen LogP contribution in [0.5, 0.6) is 0 Å². The SMILES string of the molecule is CNNC(=O)NCC1CCC(C(=O)O)CC1.Cc1ccc(CN)cc1.Cc1ccc(CNC(=O)C2CCC(CNC(=O)NN)CC2)cc1.O=C([O-])C(F)(F)F.[H+]. The standard InChI is InChI=1S/C17H26N4O2.C10H19N3O3.C8H11N.C2HF3O2/c1-12-2-4-13(5-3-12)10-19-16(22)15-8-6-14(7-9-15)11-20-17(23)21-18;1-11-13-10(16)12-6-7-2-4-8(5-3-7)9(14)15;1-7-2-4-8(6-9)5-3-7;3-2(4,5)1(6)7/h2-5,14-15H,6-11,18H2,1H3,(H,19,22)(H2,20,21,23);7-8,11H,2-6H2,1H3,(H,14,15)(H2,12,13,16);2-5H,6,9H2,1H3;(H,6,7). The van der Waals surface area contributed by atoms with Crippen LogP contribution in [0.3, 0.4) is 0 Å². The Bertz CT molecular complexity index is 1460. The second-order valence-corrected chi connectivity index (χ2v) is 13.4. The molecule has 0 spiro atoms. The lowest BCUT2D eigenvalue weighted by atomic mass is 9.81. The van der Waals surface area contributed by atoms with Crippen LogP contribution in [0.15, 0.2) is 48.5 Å². The Morgan fingerprint density at radius 3 is 1.55 bits per heavy atom. The summed E-state index contributed by atoms with van der Waals surface area (Å²) in [6.45, 7) is 6.56. The Morgan fingerprint density at radius 1 is 0.745 bits per heavy atom. The molecule has 308 valence electrons. The third kappa shape index (κ3) is 21.5. The van der Waals surface area contributed by atoms with Crippen molar-refractivity contribution in [3.63, 3.8) is 0 Å². The average Bonchev–Trinajstić information content (AvgIpc) is 3.17. The van der Waals surface area contributed by atoms with Crippen LogP contribution in [0, 0.1) is 37.5 Å². The number of hydrazine groups is 2. The fourth-order valence-electron chi connectivity index (χ4n) is 5.69. The molecule has 11 N–H and O–H groups in total. The molecule has 18 heteroatoms. The highest BCUT2D eigenvalue weighted by atomic mass is 19.4. The molecule has 5 amide bonds. The normalized spacial score (nSPS) is 18.8. The molecule has 15 nitrogen and oxygen atoms in total. The number of alkyl halides is 3. The van der Waals surface area contributed by atoms with Gasteiger partial charge in [-0.2, -0.15) is 13.2 Å². The Labute approximate surface area is 321 Å². The van der Waals surface area contributed by atoms with Crippen molar-refractivity contribution in [2.45, 2.75) is 84.5 Å². The maximum absolute atomic E-state index is 12.3. The molecular formula is C37H57F3N8O7. The van der Waals surface area contributed by atoms with Gasteiger partial charge < -0.3 is 36.7 Å². The number of aliphatic carboxylic acids is 2. The monoisotopic (exact) mass is 782 g/mol. The summed E-state index contributed by atoms with van der Waals surface area (Å²) >= 11 is 0. The van der Waals surface area contributed by atoms with Crippen molar-refractivity contribution >= 4 is 29.9 Å². The van der Waals surface area contributed by atoms with E-state index in [1.807, 2.05) is 19.1 Å². The van der Waals surface area contributed by atoms with Crippen LogP contribution >= 0.6 is 0 Å². The van der Waals surface area contributed by atoms with E-state index in [-0.39, 0.29) is 31.2 Å². The highest BCUT2D eigenvalue weighted by Crippen LogP contribution is 2.29. The van der Waals surface area contributed by atoms with Crippen LogP contribution in [0.2, 0.25) is 0 Å². The molecule has 2 fully saturated rings. The molecule has 2 aliphatic carbocycles. The predicted molar refractivity (Wildman–Crippen MR) is 199 cm³/mol. The molecule has 0 aliphatic heterocycles. The van der Waals surface area contributed by atoms with Crippen LogP contribution in [0.1, 0.15) is 75.0 Å². The predicted octanol–water partition coefficient (Wildman–Crippen LogP) is 2.77. The van der Waals surface area contributed by atoms with Gasteiger partial charge in [-0.15, -0.1) is 0 Å². The first-order valence-electron chi connectivity index (χ1n) is 18.0. The van der Waals surface area contributed by atoms with Crippen LogP contribution in [0.4, 0.5) is 22.8 Å². The minimum absolute atomic E-state index is 0. The molecule has 0 saturated heterocycles. The minimum Gasteiger partial charge on any atom is -0.542 e. The van der Waals surface area contributed by atoms with E-state index in [9.17, 15) is 32.3 Å². The van der Waals surface area contributed by atoms with Crippen molar-refractivity contribution in [2.75, 3.05) is 20.1 Å². The molecular weight excluding hydrogens is 725 g/mol. The van der Waals surface area contributed by atoms with Crippen molar-refractivity contribution in [1.29, 1.82) is 0 Å². The Balaban J connectivity index is 0.000000793. The number of urea groups is 2. The Hall–Kier alpha value is -4.94. The first-order valence-corrected chi connectivity index (χ1v) is 18.0. The quantitative estimate of drug-likeness (QED) is 0.0968. The van der Waals surface area contributed by atoms with Gasteiger partial charge in [-0.3, -0.25) is 20.4 Å². The lowest BCUT2D eigenvalue weighted by Gasteiger charge is -2.27. The van der Waals surface area contributed by atoms with E-state index in [1.54, 1.807) is 7.05 Å². The number of benzene rings is 2. The number of carbonyl (C=O) groups excluding carboxylic acids is 4. The largest absolute Gasteiger partial charge is 1.00 e. The number of aryl methyl sites for hydroxylation is 2.